The maximum absolute atomic E-state index is 10.7. The van der Waals surface area contributed by atoms with E-state index < -0.39 is 11.8 Å². The second kappa shape index (κ2) is 4.27. The second-order valence-electron chi connectivity index (χ2n) is 4.93. The summed E-state index contributed by atoms with van der Waals surface area (Å²) < 4.78 is 0. The summed E-state index contributed by atoms with van der Waals surface area (Å²) in [6, 6.07) is -0.358. The number of nitrogens with one attached hydrogen (secondary N) is 1. The second-order valence-corrected chi connectivity index (χ2v) is 4.93. The highest BCUT2D eigenvalue weighted by molar-refractivity contribution is 5.90. The lowest BCUT2D eigenvalue weighted by Gasteiger charge is -2.42. The van der Waals surface area contributed by atoms with Gasteiger partial charge in [-0.3, -0.25) is 15.3 Å². The molecule has 0 bridgehead atoms. The van der Waals surface area contributed by atoms with Crippen molar-refractivity contribution < 1.29 is 15.3 Å². The van der Waals surface area contributed by atoms with Crippen LogP contribution in [0.1, 0.15) is 6.42 Å². The van der Waals surface area contributed by atoms with Gasteiger partial charge >= 0.3 is 0 Å². The van der Waals surface area contributed by atoms with Crippen molar-refractivity contribution in [3.05, 3.63) is 11.6 Å². The van der Waals surface area contributed by atoms with Gasteiger partial charge in [0.05, 0.1) is 19.6 Å². The molecule has 2 heterocycles. The minimum absolute atomic E-state index is 0.220. The molecule has 19 heavy (non-hydrogen) atoms. The van der Waals surface area contributed by atoms with Crippen molar-refractivity contribution in [1.29, 1.82) is 0 Å². The van der Waals surface area contributed by atoms with E-state index in [1.165, 1.54) is 6.34 Å². The van der Waals surface area contributed by atoms with E-state index in [1.54, 1.807) is 11.0 Å². The highest BCUT2D eigenvalue weighted by Gasteiger charge is 2.51. The van der Waals surface area contributed by atoms with Gasteiger partial charge in [0.2, 0.25) is 0 Å². The molecule has 1 aliphatic carbocycles. The van der Waals surface area contributed by atoms with E-state index >= 15 is 0 Å². The van der Waals surface area contributed by atoms with E-state index in [-0.39, 0.29) is 25.2 Å². The molecule has 3 aliphatic rings. The van der Waals surface area contributed by atoms with Gasteiger partial charge in [-0.25, -0.2) is 0 Å². The number of aliphatic hydroxyl groups is 3. The monoisotopic (exact) mass is 267 g/mol. The molecule has 0 fully saturated rings. The number of nitrogens with two attached hydrogens (primary N) is 1. The summed E-state index contributed by atoms with van der Waals surface area (Å²) in [6.07, 6.45) is 1.87. The molecule has 0 aromatic carbocycles. The van der Waals surface area contributed by atoms with Crippen LogP contribution in [0.4, 0.5) is 0 Å². The van der Waals surface area contributed by atoms with Gasteiger partial charge in [-0.2, -0.15) is 0 Å². The van der Waals surface area contributed by atoms with Gasteiger partial charge in [0.15, 0.2) is 5.72 Å². The zero-order valence-corrected chi connectivity index (χ0v) is 10.3. The molecule has 6 N–H and O–H groups in total. The fourth-order valence-corrected chi connectivity index (χ4v) is 2.76. The third-order valence-corrected chi connectivity index (χ3v) is 3.90. The Morgan fingerprint density at radius 2 is 2.37 bits per heavy atom. The van der Waals surface area contributed by atoms with Crippen LogP contribution in [-0.2, 0) is 0 Å². The average Bonchev–Trinajstić information content (AvgIpc) is 2.95. The smallest absolute Gasteiger partial charge is 0.173 e. The highest BCUT2D eigenvalue weighted by Crippen LogP contribution is 2.35. The third kappa shape index (κ3) is 1.68. The van der Waals surface area contributed by atoms with Crippen LogP contribution >= 0.6 is 0 Å². The predicted octanol–water partition coefficient (Wildman–Crippen LogP) is -2.69. The summed E-state index contributed by atoms with van der Waals surface area (Å²) >= 11 is 0. The Morgan fingerprint density at radius 1 is 1.58 bits per heavy atom. The first kappa shape index (κ1) is 12.5. The lowest BCUT2D eigenvalue weighted by Crippen LogP contribution is -2.64. The van der Waals surface area contributed by atoms with Gasteiger partial charge in [0, 0.05) is 6.42 Å². The van der Waals surface area contributed by atoms with E-state index in [1.807, 2.05) is 0 Å². The van der Waals surface area contributed by atoms with Crippen LogP contribution in [0.25, 0.3) is 0 Å². The van der Waals surface area contributed by atoms with Crippen LogP contribution in [-0.4, -0.2) is 69.7 Å². The molecule has 104 valence electrons. The Labute approximate surface area is 110 Å². The zero-order valence-electron chi connectivity index (χ0n) is 10.3. The number of aliphatic hydroxyl groups excluding tert-OH is 2. The van der Waals surface area contributed by atoms with E-state index in [4.69, 9.17) is 10.8 Å². The number of nitrogens with zero attached hydrogens (tertiary/aromatic N) is 3. The van der Waals surface area contributed by atoms with E-state index in [2.05, 4.69) is 15.3 Å². The number of aliphatic imine (C=N–C) groups is 2. The standard InChI is InChI=1S/C11H17N5O3/c12-9-7-10(14-4-13-9)16(5-15-7)11(19)2-1-6(3-17)8(11)18/h1,5,7-8,10,14,17-19H,2-4H2,(H2,12,13)/t7?,8-,10?,11-/m1/s1. The molecule has 0 spiro atoms. The van der Waals surface area contributed by atoms with Gasteiger partial charge in [-0.1, -0.05) is 6.08 Å². The average molecular weight is 267 g/mol. The van der Waals surface area contributed by atoms with Crippen molar-refractivity contribution in [1.82, 2.24) is 10.2 Å². The van der Waals surface area contributed by atoms with Crippen molar-refractivity contribution in [2.45, 2.75) is 30.5 Å². The van der Waals surface area contributed by atoms with Crippen molar-refractivity contribution in [2.24, 2.45) is 15.7 Å². The number of amidine groups is 1. The number of hydrogen-bond acceptors (Lipinski definition) is 8. The maximum Gasteiger partial charge on any atom is 0.173 e. The number of hydrogen-bond donors (Lipinski definition) is 5. The summed E-state index contributed by atoms with van der Waals surface area (Å²) in [6.45, 7) is 0.0684. The van der Waals surface area contributed by atoms with Crippen molar-refractivity contribution in [3.8, 4) is 0 Å². The van der Waals surface area contributed by atoms with Gasteiger partial charge in [-0.05, 0) is 5.57 Å². The fourth-order valence-electron chi connectivity index (χ4n) is 2.76. The molecular weight excluding hydrogens is 250 g/mol. The van der Waals surface area contributed by atoms with Gasteiger partial charge in [-0.15, -0.1) is 0 Å². The molecule has 0 saturated carbocycles. The van der Waals surface area contributed by atoms with Crippen LogP contribution in [0.5, 0.6) is 0 Å². The van der Waals surface area contributed by atoms with Gasteiger partial charge in [0.25, 0.3) is 0 Å². The predicted molar refractivity (Wildman–Crippen MR) is 68.3 cm³/mol. The van der Waals surface area contributed by atoms with Crippen LogP contribution in [0.15, 0.2) is 21.6 Å². The number of fused-ring (bicyclic) bond motifs is 1. The Kier molecular flexibility index (Phi) is 2.82. The molecule has 4 atom stereocenters. The molecule has 8 nitrogen and oxygen atoms in total. The molecule has 0 radical (unpaired) electrons. The van der Waals surface area contributed by atoms with E-state index in [0.717, 1.165) is 0 Å². The fraction of sp³-hybridized carbons (Fsp3) is 0.636. The number of rotatable bonds is 2. The first-order valence-electron chi connectivity index (χ1n) is 6.13. The first-order valence-corrected chi connectivity index (χ1v) is 6.13. The lowest BCUT2D eigenvalue weighted by molar-refractivity contribution is -0.141. The van der Waals surface area contributed by atoms with E-state index in [0.29, 0.717) is 18.1 Å². The molecular formula is C11H17N5O3. The zero-order chi connectivity index (χ0) is 13.6. The first-order chi connectivity index (χ1) is 9.08. The highest BCUT2D eigenvalue weighted by atomic mass is 16.4. The van der Waals surface area contributed by atoms with E-state index in [9.17, 15) is 10.2 Å². The lowest BCUT2D eigenvalue weighted by atomic mass is 10.0. The van der Waals surface area contributed by atoms with Crippen LogP contribution < -0.4 is 11.1 Å². The van der Waals surface area contributed by atoms with Crippen molar-refractivity contribution in [2.75, 3.05) is 13.3 Å². The molecule has 2 unspecified atom stereocenters. The molecule has 8 heteroatoms. The molecule has 2 aliphatic heterocycles. The van der Waals surface area contributed by atoms with Crippen LogP contribution in [0, 0.1) is 0 Å². The van der Waals surface area contributed by atoms with Crippen molar-refractivity contribution in [3.63, 3.8) is 0 Å². The van der Waals surface area contributed by atoms with Gasteiger partial charge < -0.3 is 26.0 Å². The summed E-state index contributed by atoms with van der Waals surface area (Å²) in [7, 11) is 0. The minimum Gasteiger partial charge on any atom is -0.392 e. The third-order valence-electron chi connectivity index (χ3n) is 3.90. The van der Waals surface area contributed by atoms with Gasteiger partial charge in [0.1, 0.15) is 24.1 Å². The molecule has 3 rings (SSSR count). The Hall–Kier alpha value is -1.48. The normalized spacial score (nSPS) is 41.2. The molecule has 0 aromatic rings. The summed E-state index contributed by atoms with van der Waals surface area (Å²) in [5, 5.41) is 33.1. The van der Waals surface area contributed by atoms with Crippen molar-refractivity contribution >= 4 is 12.2 Å². The quantitative estimate of drug-likeness (QED) is 0.347. The summed E-state index contributed by atoms with van der Waals surface area (Å²) in [5.41, 5.74) is 4.69. The largest absolute Gasteiger partial charge is 0.392 e. The SMILES string of the molecule is NC1=NCNC2C1N=CN2[C@@]1(O)CC=C(CO)[C@H]1O. The molecule has 0 aromatic heterocycles. The van der Waals surface area contributed by atoms with Crippen LogP contribution in [0.2, 0.25) is 0 Å². The minimum atomic E-state index is -1.51. The Balaban J connectivity index is 1.85. The Bertz CT molecular complexity index is 477. The van der Waals surface area contributed by atoms with Crippen LogP contribution in [0.3, 0.4) is 0 Å². The Morgan fingerprint density at radius 3 is 3.05 bits per heavy atom. The summed E-state index contributed by atoms with van der Waals surface area (Å²) in [4.78, 5) is 9.83. The topological polar surface area (TPSA) is 127 Å². The molecule has 0 amide bonds. The summed E-state index contributed by atoms with van der Waals surface area (Å²) in [5.74, 6) is 0.411. The maximum atomic E-state index is 10.7. The molecule has 0 saturated heterocycles.